The fourth-order valence-electron chi connectivity index (χ4n) is 2.38. The van der Waals surface area contributed by atoms with Gasteiger partial charge in [0.1, 0.15) is 0 Å². The Morgan fingerprint density at radius 3 is 2.85 bits per heavy atom. The number of benzene rings is 1. The van der Waals surface area contributed by atoms with Crippen LogP contribution in [-0.4, -0.2) is 22.7 Å². The molecule has 0 saturated heterocycles. The van der Waals surface area contributed by atoms with Gasteiger partial charge in [0.05, 0.1) is 6.61 Å². The van der Waals surface area contributed by atoms with Gasteiger partial charge in [0.2, 0.25) is 0 Å². The van der Waals surface area contributed by atoms with Crippen molar-refractivity contribution >= 4 is 38.8 Å². The highest BCUT2D eigenvalue weighted by molar-refractivity contribution is 9.10. The average molecular weight is 418 g/mol. The Hall–Kier alpha value is -3.07. The van der Waals surface area contributed by atoms with E-state index < -0.39 is 5.91 Å². The number of carbonyl (C=O) groups excluding carboxylic acids is 1. The molecular formula is C17H12BrN3O5. The zero-order valence-corrected chi connectivity index (χ0v) is 15.1. The standard InChI is InChI=1S/C17H12BrN3O5/c1-2-23-10-5-3-4-9-8-12(25-14(9)10)15(22)19-17-21-20-16(26-17)11-6-7-13(18)24-11/h3-8H,2H2,1H3,(H,19,21,22). The zero-order chi connectivity index (χ0) is 18.1. The van der Waals surface area contributed by atoms with E-state index in [0.29, 0.717) is 28.4 Å². The minimum Gasteiger partial charge on any atom is -0.490 e. The van der Waals surface area contributed by atoms with E-state index in [1.54, 1.807) is 24.3 Å². The van der Waals surface area contributed by atoms with E-state index >= 15 is 0 Å². The number of ether oxygens (including phenoxy) is 1. The van der Waals surface area contributed by atoms with Crippen molar-refractivity contribution in [1.29, 1.82) is 0 Å². The molecule has 1 amide bonds. The quantitative estimate of drug-likeness (QED) is 0.509. The Morgan fingerprint density at radius 1 is 1.19 bits per heavy atom. The zero-order valence-electron chi connectivity index (χ0n) is 13.5. The summed E-state index contributed by atoms with van der Waals surface area (Å²) in [6, 6.07) is 10.4. The van der Waals surface area contributed by atoms with Crippen LogP contribution in [-0.2, 0) is 0 Å². The molecule has 3 aromatic heterocycles. The van der Waals surface area contributed by atoms with Gasteiger partial charge < -0.3 is 18.0 Å². The van der Waals surface area contributed by atoms with Gasteiger partial charge in [0, 0.05) is 5.39 Å². The molecule has 0 bridgehead atoms. The predicted octanol–water partition coefficient (Wildman–Crippen LogP) is 4.49. The van der Waals surface area contributed by atoms with Crippen LogP contribution in [0.1, 0.15) is 17.5 Å². The molecule has 132 valence electrons. The number of nitrogens with one attached hydrogen (secondary N) is 1. The predicted molar refractivity (Wildman–Crippen MR) is 95.0 cm³/mol. The lowest BCUT2D eigenvalue weighted by atomic mass is 10.2. The normalized spacial score (nSPS) is 11.0. The summed E-state index contributed by atoms with van der Waals surface area (Å²) < 4.78 is 22.4. The number of carbonyl (C=O) groups is 1. The van der Waals surface area contributed by atoms with E-state index in [0.717, 1.165) is 5.39 Å². The molecule has 0 saturated carbocycles. The lowest BCUT2D eigenvalue weighted by molar-refractivity contribution is 0.0995. The summed E-state index contributed by atoms with van der Waals surface area (Å²) in [6.45, 7) is 2.37. The molecule has 0 fully saturated rings. The summed E-state index contributed by atoms with van der Waals surface area (Å²) in [6.07, 6.45) is 0. The van der Waals surface area contributed by atoms with Crippen LogP contribution in [0.15, 0.2) is 54.3 Å². The van der Waals surface area contributed by atoms with Crippen LogP contribution in [0.4, 0.5) is 6.01 Å². The van der Waals surface area contributed by atoms with E-state index in [2.05, 4.69) is 31.4 Å². The fourth-order valence-corrected chi connectivity index (χ4v) is 2.69. The molecule has 0 unspecified atom stereocenters. The number of furan rings is 2. The van der Waals surface area contributed by atoms with Gasteiger partial charge in [-0.1, -0.05) is 17.2 Å². The summed E-state index contributed by atoms with van der Waals surface area (Å²) in [4.78, 5) is 12.4. The summed E-state index contributed by atoms with van der Waals surface area (Å²) in [5.41, 5.74) is 0.506. The number of halogens is 1. The van der Waals surface area contributed by atoms with Crippen molar-refractivity contribution in [2.75, 3.05) is 11.9 Å². The van der Waals surface area contributed by atoms with Crippen molar-refractivity contribution in [2.24, 2.45) is 0 Å². The van der Waals surface area contributed by atoms with Crippen molar-refractivity contribution < 1.29 is 22.8 Å². The molecule has 1 aromatic carbocycles. The van der Waals surface area contributed by atoms with E-state index in [4.69, 9.17) is 18.0 Å². The van der Waals surface area contributed by atoms with Gasteiger partial charge in [-0.25, -0.2) is 0 Å². The van der Waals surface area contributed by atoms with Gasteiger partial charge in [-0.3, -0.25) is 10.1 Å². The Kier molecular flexibility index (Phi) is 4.21. The molecule has 0 spiro atoms. The molecular weight excluding hydrogens is 406 g/mol. The third-order valence-electron chi connectivity index (χ3n) is 3.46. The molecule has 8 nitrogen and oxygen atoms in total. The van der Waals surface area contributed by atoms with Crippen molar-refractivity contribution in [3.05, 3.63) is 46.8 Å². The third-order valence-corrected chi connectivity index (χ3v) is 3.89. The fraction of sp³-hybridized carbons (Fsp3) is 0.118. The minimum atomic E-state index is -0.514. The highest BCUT2D eigenvalue weighted by Crippen LogP contribution is 2.29. The first-order valence-corrected chi connectivity index (χ1v) is 8.49. The lowest BCUT2D eigenvalue weighted by Crippen LogP contribution is -2.10. The number of para-hydroxylation sites is 1. The number of anilines is 1. The highest BCUT2D eigenvalue weighted by Gasteiger charge is 2.19. The van der Waals surface area contributed by atoms with Crippen LogP contribution in [0.5, 0.6) is 5.75 Å². The van der Waals surface area contributed by atoms with E-state index in [1.165, 1.54) is 0 Å². The monoisotopic (exact) mass is 417 g/mol. The van der Waals surface area contributed by atoms with Crippen molar-refractivity contribution in [3.8, 4) is 17.4 Å². The van der Waals surface area contributed by atoms with Gasteiger partial charge in [0.15, 0.2) is 27.5 Å². The van der Waals surface area contributed by atoms with Gasteiger partial charge in [-0.05, 0) is 47.1 Å². The smallest absolute Gasteiger partial charge is 0.323 e. The molecule has 26 heavy (non-hydrogen) atoms. The Bertz CT molecular complexity index is 1080. The molecule has 0 radical (unpaired) electrons. The summed E-state index contributed by atoms with van der Waals surface area (Å²) in [5, 5.41) is 10.9. The molecule has 0 aliphatic rings. The van der Waals surface area contributed by atoms with Crippen LogP contribution < -0.4 is 10.1 Å². The average Bonchev–Trinajstić information content (AvgIpc) is 3.34. The van der Waals surface area contributed by atoms with Gasteiger partial charge in [-0.2, -0.15) is 0 Å². The second-order valence-corrected chi connectivity index (χ2v) is 5.97. The Morgan fingerprint density at radius 2 is 2.08 bits per heavy atom. The van der Waals surface area contributed by atoms with Crippen molar-refractivity contribution in [3.63, 3.8) is 0 Å². The van der Waals surface area contributed by atoms with Gasteiger partial charge >= 0.3 is 6.01 Å². The maximum Gasteiger partial charge on any atom is 0.323 e. The maximum absolute atomic E-state index is 12.4. The molecule has 9 heteroatoms. The highest BCUT2D eigenvalue weighted by atomic mass is 79.9. The molecule has 0 atom stereocenters. The topological polar surface area (TPSA) is 104 Å². The second kappa shape index (κ2) is 6.68. The molecule has 3 heterocycles. The number of amides is 1. The lowest BCUT2D eigenvalue weighted by Gasteiger charge is -2.02. The number of hydrogen-bond acceptors (Lipinski definition) is 7. The first-order valence-electron chi connectivity index (χ1n) is 7.70. The summed E-state index contributed by atoms with van der Waals surface area (Å²) >= 11 is 3.19. The maximum atomic E-state index is 12.4. The van der Waals surface area contributed by atoms with E-state index in [9.17, 15) is 4.79 Å². The molecule has 0 aliphatic heterocycles. The third kappa shape index (κ3) is 3.08. The van der Waals surface area contributed by atoms with Crippen LogP contribution in [0.25, 0.3) is 22.6 Å². The van der Waals surface area contributed by atoms with Crippen LogP contribution in [0.2, 0.25) is 0 Å². The molecule has 4 aromatic rings. The van der Waals surface area contributed by atoms with Crippen LogP contribution >= 0.6 is 15.9 Å². The SMILES string of the molecule is CCOc1cccc2cc(C(=O)Nc3nnc(-c4ccc(Br)o4)o3)oc12. The molecule has 1 N–H and O–H groups in total. The minimum absolute atomic E-state index is 0.0667. The van der Waals surface area contributed by atoms with Gasteiger partial charge in [-0.15, -0.1) is 5.10 Å². The van der Waals surface area contributed by atoms with E-state index in [-0.39, 0.29) is 17.7 Å². The van der Waals surface area contributed by atoms with Gasteiger partial charge in [0.25, 0.3) is 11.8 Å². The Balaban J connectivity index is 1.56. The number of nitrogens with zero attached hydrogens (tertiary/aromatic N) is 2. The number of fused-ring (bicyclic) bond motifs is 1. The second-order valence-electron chi connectivity index (χ2n) is 5.19. The van der Waals surface area contributed by atoms with Crippen LogP contribution in [0.3, 0.4) is 0 Å². The first-order chi connectivity index (χ1) is 12.6. The first kappa shape index (κ1) is 16.4. The largest absolute Gasteiger partial charge is 0.490 e. The van der Waals surface area contributed by atoms with Crippen LogP contribution in [0, 0.1) is 0 Å². The number of rotatable bonds is 5. The molecule has 0 aliphatic carbocycles. The summed E-state index contributed by atoms with van der Waals surface area (Å²) in [5.74, 6) is 0.698. The summed E-state index contributed by atoms with van der Waals surface area (Å²) in [7, 11) is 0. The van der Waals surface area contributed by atoms with E-state index in [1.807, 2.05) is 19.1 Å². The van der Waals surface area contributed by atoms with Crippen molar-refractivity contribution in [1.82, 2.24) is 10.2 Å². The van der Waals surface area contributed by atoms with Crippen molar-refractivity contribution in [2.45, 2.75) is 6.92 Å². The number of aromatic nitrogens is 2. The number of hydrogen-bond donors (Lipinski definition) is 1. The Labute approximate surface area is 155 Å². The molecule has 4 rings (SSSR count).